The fourth-order valence-corrected chi connectivity index (χ4v) is 6.91. The summed E-state index contributed by atoms with van der Waals surface area (Å²) in [6, 6.07) is 16.8. The smallest absolute Gasteiger partial charge is 0.410 e. The third kappa shape index (κ3) is 6.54. The molecule has 0 saturated carbocycles. The molecule has 1 aliphatic rings. The Labute approximate surface area is 265 Å². The maximum atomic E-state index is 13.2. The Bertz CT molecular complexity index is 1960. The van der Waals surface area contributed by atoms with Crippen molar-refractivity contribution in [2.75, 3.05) is 19.7 Å². The molecule has 0 radical (unpaired) electrons. The van der Waals surface area contributed by atoms with Gasteiger partial charge in [-0.2, -0.15) is 0 Å². The Balaban J connectivity index is 1.13. The summed E-state index contributed by atoms with van der Waals surface area (Å²) in [6.45, 7) is 16.9. The lowest BCUT2D eigenvalue weighted by atomic mass is 9.98. The number of amides is 1. The van der Waals surface area contributed by atoms with Crippen molar-refractivity contribution in [2.45, 2.75) is 52.2 Å². The number of fused-ring (bicyclic) bond motifs is 3. The van der Waals surface area contributed by atoms with Gasteiger partial charge in [-0.15, -0.1) is 11.3 Å². The molecule has 1 saturated heterocycles. The highest BCUT2D eigenvalue weighted by atomic mass is 32.1. The highest BCUT2D eigenvalue weighted by molar-refractivity contribution is 7.25. The van der Waals surface area contributed by atoms with Gasteiger partial charge in [-0.05, 0) is 75.6 Å². The standard InChI is InChI=1S/C35H35N5O4S/c1-22(40-31(41)12-10-28-29-18-26(36-5)9-11-30(29)45-33(28)40)24-7-6-8-25(17-24)32-37-19-27(20-38-32)43-21-23-13-15-39(16-14-23)34(42)44-35(2,3)4/h6-12,17-20,22-23H,13-16,21H2,1-4H3/t22-/m0/s1. The number of hydrogen-bond donors (Lipinski definition) is 0. The van der Waals surface area contributed by atoms with E-state index < -0.39 is 5.60 Å². The zero-order valence-corrected chi connectivity index (χ0v) is 26.6. The van der Waals surface area contributed by atoms with Crippen molar-refractivity contribution in [2.24, 2.45) is 5.92 Å². The summed E-state index contributed by atoms with van der Waals surface area (Å²) in [4.78, 5) is 40.9. The van der Waals surface area contributed by atoms with Crippen molar-refractivity contribution in [1.29, 1.82) is 0 Å². The minimum absolute atomic E-state index is 0.0781. The van der Waals surface area contributed by atoms with Gasteiger partial charge in [0, 0.05) is 34.8 Å². The average Bonchev–Trinajstić information content (AvgIpc) is 3.40. The van der Waals surface area contributed by atoms with Crippen LogP contribution in [-0.4, -0.2) is 50.8 Å². The maximum absolute atomic E-state index is 13.2. The third-order valence-electron chi connectivity index (χ3n) is 8.06. The van der Waals surface area contributed by atoms with Gasteiger partial charge in [-0.3, -0.25) is 9.36 Å². The molecule has 0 N–H and O–H groups in total. The van der Waals surface area contributed by atoms with E-state index >= 15 is 0 Å². The molecule has 0 aliphatic carbocycles. The Morgan fingerprint density at radius 1 is 1.07 bits per heavy atom. The first kappa shape index (κ1) is 30.3. The molecule has 230 valence electrons. The van der Waals surface area contributed by atoms with E-state index in [-0.39, 0.29) is 17.7 Å². The average molecular weight is 622 g/mol. The molecule has 0 bridgehead atoms. The van der Waals surface area contributed by atoms with E-state index in [0.29, 0.717) is 42.9 Å². The lowest BCUT2D eigenvalue weighted by Crippen LogP contribution is -2.42. The van der Waals surface area contributed by atoms with Crippen LogP contribution in [0.1, 0.15) is 52.1 Å². The molecule has 1 fully saturated rings. The van der Waals surface area contributed by atoms with Crippen LogP contribution in [-0.2, 0) is 4.74 Å². The summed E-state index contributed by atoms with van der Waals surface area (Å²) in [5.41, 5.74) is 1.81. The SMILES string of the molecule is [C-]#[N+]c1ccc2sc3c(ccc(=O)n3[C@@H](C)c3cccc(-c4ncc(OCC5CCN(C(=O)OC(C)(C)C)CC5)cn4)c3)c2c1. The van der Waals surface area contributed by atoms with Crippen LogP contribution >= 0.6 is 11.3 Å². The first-order valence-electron chi connectivity index (χ1n) is 15.1. The van der Waals surface area contributed by atoms with E-state index in [4.69, 9.17) is 16.0 Å². The van der Waals surface area contributed by atoms with Gasteiger partial charge in [0.2, 0.25) is 0 Å². The number of piperidine rings is 1. The van der Waals surface area contributed by atoms with E-state index in [1.165, 1.54) is 0 Å². The van der Waals surface area contributed by atoms with E-state index in [0.717, 1.165) is 44.3 Å². The molecule has 0 unspecified atom stereocenters. The van der Waals surface area contributed by atoms with E-state index in [2.05, 4.69) is 14.8 Å². The zero-order chi connectivity index (χ0) is 31.7. The Morgan fingerprint density at radius 2 is 1.82 bits per heavy atom. The summed E-state index contributed by atoms with van der Waals surface area (Å²) < 4.78 is 14.4. The largest absolute Gasteiger partial charge is 0.490 e. The Hall–Kier alpha value is -4.75. The van der Waals surface area contributed by atoms with Crippen molar-refractivity contribution in [3.8, 4) is 17.1 Å². The van der Waals surface area contributed by atoms with Crippen molar-refractivity contribution < 1.29 is 14.3 Å². The summed E-state index contributed by atoms with van der Waals surface area (Å²) in [5, 5.41) is 1.95. The fraction of sp³-hybridized carbons (Fsp3) is 0.343. The van der Waals surface area contributed by atoms with E-state index in [1.807, 2.05) is 80.8 Å². The molecule has 9 nitrogen and oxygen atoms in total. The van der Waals surface area contributed by atoms with Crippen LogP contribution in [0.2, 0.25) is 0 Å². The number of ether oxygens (including phenoxy) is 2. The van der Waals surface area contributed by atoms with Gasteiger partial charge in [0.05, 0.1) is 31.6 Å². The number of hydrogen-bond acceptors (Lipinski definition) is 7. The number of rotatable bonds is 6. The highest BCUT2D eigenvalue weighted by Crippen LogP contribution is 2.37. The van der Waals surface area contributed by atoms with Crippen LogP contribution in [0, 0.1) is 12.5 Å². The summed E-state index contributed by atoms with van der Waals surface area (Å²) in [5.74, 6) is 1.51. The number of pyridine rings is 1. The number of aromatic nitrogens is 3. The fourth-order valence-electron chi connectivity index (χ4n) is 5.65. The van der Waals surface area contributed by atoms with Crippen LogP contribution in [0.5, 0.6) is 5.75 Å². The summed E-state index contributed by atoms with van der Waals surface area (Å²) in [7, 11) is 0. The van der Waals surface area contributed by atoms with Crippen LogP contribution in [0.25, 0.3) is 36.5 Å². The molecule has 1 atom stereocenters. The van der Waals surface area contributed by atoms with Gasteiger partial charge in [0.25, 0.3) is 5.56 Å². The summed E-state index contributed by atoms with van der Waals surface area (Å²) in [6.07, 6.45) is 4.82. The molecule has 45 heavy (non-hydrogen) atoms. The molecule has 10 heteroatoms. The normalized spacial score (nSPS) is 14.8. The van der Waals surface area contributed by atoms with Crippen LogP contribution < -0.4 is 10.3 Å². The molecule has 3 aromatic heterocycles. The second-order valence-corrected chi connectivity index (χ2v) is 13.5. The van der Waals surface area contributed by atoms with Gasteiger partial charge < -0.3 is 14.4 Å². The molecular weight excluding hydrogens is 586 g/mol. The molecule has 0 spiro atoms. The van der Waals surface area contributed by atoms with Crippen LogP contribution in [0.15, 0.2) is 71.8 Å². The van der Waals surface area contributed by atoms with Crippen molar-refractivity contribution in [3.05, 3.63) is 94.3 Å². The number of benzene rings is 2. The quantitative estimate of drug-likeness (QED) is 0.179. The van der Waals surface area contributed by atoms with E-state index in [9.17, 15) is 9.59 Å². The van der Waals surface area contributed by atoms with Gasteiger partial charge in [-0.1, -0.05) is 30.3 Å². The van der Waals surface area contributed by atoms with Gasteiger partial charge in [0.1, 0.15) is 10.4 Å². The monoisotopic (exact) mass is 621 g/mol. The molecule has 6 rings (SSSR count). The summed E-state index contributed by atoms with van der Waals surface area (Å²) >= 11 is 1.56. The molecule has 4 heterocycles. The number of likely N-dealkylation sites (tertiary alicyclic amines) is 1. The minimum atomic E-state index is -0.498. The third-order valence-corrected chi connectivity index (χ3v) is 9.25. The van der Waals surface area contributed by atoms with Gasteiger partial charge >= 0.3 is 6.09 Å². The van der Waals surface area contributed by atoms with Gasteiger partial charge in [0.15, 0.2) is 17.3 Å². The first-order chi connectivity index (χ1) is 21.6. The highest BCUT2D eigenvalue weighted by Gasteiger charge is 2.27. The van der Waals surface area contributed by atoms with Crippen LogP contribution in [0.4, 0.5) is 10.5 Å². The molecule has 5 aromatic rings. The molecule has 1 aliphatic heterocycles. The molecule has 1 amide bonds. The Morgan fingerprint density at radius 3 is 2.53 bits per heavy atom. The van der Waals surface area contributed by atoms with Crippen molar-refractivity contribution >= 4 is 43.4 Å². The lowest BCUT2D eigenvalue weighted by Gasteiger charge is -2.33. The predicted octanol–water partition coefficient (Wildman–Crippen LogP) is 7.86. The number of carbonyl (C=O) groups is 1. The topological polar surface area (TPSA) is 90.9 Å². The molecular formula is C35H35N5O4S. The molecule has 2 aromatic carbocycles. The second-order valence-electron chi connectivity index (χ2n) is 12.4. The van der Waals surface area contributed by atoms with Crippen molar-refractivity contribution in [1.82, 2.24) is 19.4 Å². The second kappa shape index (κ2) is 12.3. The lowest BCUT2D eigenvalue weighted by molar-refractivity contribution is 0.0165. The number of carbonyl (C=O) groups excluding carboxylic acids is 1. The van der Waals surface area contributed by atoms with E-state index in [1.54, 1.807) is 34.7 Å². The van der Waals surface area contributed by atoms with Crippen molar-refractivity contribution in [3.63, 3.8) is 0 Å². The number of thiophene rings is 1. The first-order valence-corrected chi connectivity index (χ1v) is 15.9. The zero-order valence-electron chi connectivity index (χ0n) is 25.8. The van der Waals surface area contributed by atoms with Gasteiger partial charge in [-0.25, -0.2) is 19.6 Å². The predicted molar refractivity (Wildman–Crippen MR) is 177 cm³/mol. The number of nitrogens with zero attached hydrogens (tertiary/aromatic N) is 5. The van der Waals surface area contributed by atoms with Crippen LogP contribution in [0.3, 0.4) is 0 Å². The maximum Gasteiger partial charge on any atom is 0.410 e. The minimum Gasteiger partial charge on any atom is -0.490 e. The Kier molecular flexibility index (Phi) is 8.30.